The summed E-state index contributed by atoms with van der Waals surface area (Å²) < 4.78 is 5.29. The Balaban J connectivity index is 1.81. The van der Waals surface area contributed by atoms with Crippen LogP contribution < -0.4 is 5.32 Å². The third-order valence-electron chi connectivity index (χ3n) is 2.47. The monoisotopic (exact) mass is 230 g/mol. The molecule has 0 unspecified atom stereocenters. The normalized spacial score (nSPS) is 24.1. The summed E-state index contributed by atoms with van der Waals surface area (Å²) in [5.74, 6) is 1.14. The molecular weight excluding hydrogens is 212 g/mol. The first kappa shape index (κ1) is 11.1. The smallest absolute Gasteiger partial charge is 0.410 e. The van der Waals surface area contributed by atoms with E-state index < -0.39 is 5.60 Å². The van der Waals surface area contributed by atoms with Gasteiger partial charge < -0.3 is 9.64 Å². The van der Waals surface area contributed by atoms with E-state index in [4.69, 9.17) is 4.74 Å². The number of thioether (sulfide) groups is 1. The molecule has 86 valence electrons. The van der Waals surface area contributed by atoms with Crippen LogP contribution in [0, 0.1) is 0 Å². The lowest BCUT2D eigenvalue weighted by molar-refractivity contribution is 0.00190. The second kappa shape index (κ2) is 3.56. The largest absolute Gasteiger partial charge is 0.444 e. The molecule has 0 saturated carbocycles. The molecule has 15 heavy (non-hydrogen) atoms. The number of rotatable bonds is 0. The summed E-state index contributed by atoms with van der Waals surface area (Å²) in [6, 6.07) is 0. The molecule has 2 rings (SSSR count). The summed E-state index contributed by atoms with van der Waals surface area (Å²) in [6.07, 6.45) is -0.192. The summed E-state index contributed by atoms with van der Waals surface area (Å²) in [4.78, 5) is 13.5. The molecule has 0 aliphatic carbocycles. The van der Waals surface area contributed by atoms with Gasteiger partial charge >= 0.3 is 6.09 Å². The van der Waals surface area contributed by atoms with E-state index in [0.717, 1.165) is 25.4 Å². The van der Waals surface area contributed by atoms with E-state index in [1.807, 2.05) is 32.5 Å². The minimum absolute atomic E-state index is 0.136. The number of carbonyl (C=O) groups is 1. The Bertz CT molecular complexity index is 261. The van der Waals surface area contributed by atoms with Gasteiger partial charge in [-0.25, -0.2) is 4.79 Å². The van der Waals surface area contributed by atoms with E-state index in [0.29, 0.717) is 0 Å². The number of nitrogens with zero attached hydrogens (tertiary/aromatic N) is 1. The van der Waals surface area contributed by atoms with Crippen molar-refractivity contribution in [3.8, 4) is 0 Å². The lowest BCUT2D eigenvalue weighted by Gasteiger charge is -2.47. The molecular formula is C10H18N2O2S. The zero-order valence-corrected chi connectivity index (χ0v) is 10.3. The number of ether oxygens (including phenoxy) is 1. The highest BCUT2D eigenvalue weighted by Crippen LogP contribution is 2.36. The summed E-state index contributed by atoms with van der Waals surface area (Å²) in [6.45, 7) is 8.26. The Kier molecular flexibility index (Phi) is 2.63. The fourth-order valence-corrected chi connectivity index (χ4v) is 3.10. The van der Waals surface area contributed by atoms with Crippen LogP contribution in [0.5, 0.6) is 0 Å². The molecule has 5 heteroatoms. The molecule has 2 fully saturated rings. The number of hydrogen-bond acceptors (Lipinski definition) is 4. The van der Waals surface area contributed by atoms with Crippen molar-refractivity contribution < 1.29 is 9.53 Å². The first-order valence-corrected chi connectivity index (χ1v) is 6.26. The quantitative estimate of drug-likeness (QED) is 0.680. The topological polar surface area (TPSA) is 41.6 Å². The molecule has 0 aromatic heterocycles. The van der Waals surface area contributed by atoms with Gasteiger partial charge in [-0.1, -0.05) is 0 Å². The van der Waals surface area contributed by atoms with Gasteiger partial charge in [-0.05, 0) is 20.8 Å². The standard InChI is InChI=1S/C10H18N2O2S/c1-9(2,3)14-8(13)12-6-10(7-12)11-4-5-15-10/h11H,4-7H2,1-3H3. The van der Waals surface area contributed by atoms with Crippen LogP contribution in [0.3, 0.4) is 0 Å². The molecule has 2 heterocycles. The van der Waals surface area contributed by atoms with Gasteiger partial charge in [0.1, 0.15) is 10.5 Å². The van der Waals surface area contributed by atoms with Crippen LogP contribution in [0.1, 0.15) is 20.8 Å². The number of amides is 1. The summed E-state index contributed by atoms with van der Waals surface area (Å²) in [7, 11) is 0. The van der Waals surface area contributed by atoms with Crippen LogP contribution >= 0.6 is 11.8 Å². The molecule has 1 spiro atoms. The van der Waals surface area contributed by atoms with Crippen molar-refractivity contribution in [3.63, 3.8) is 0 Å². The van der Waals surface area contributed by atoms with E-state index in [-0.39, 0.29) is 11.0 Å². The second-order valence-electron chi connectivity index (χ2n) is 5.11. The van der Waals surface area contributed by atoms with Gasteiger partial charge in [-0.2, -0.15) is 0 Å². The SMILES string of the molecule is CC(C)(C)OC(=O)N1CC2(C1)NCCS2. The molecule has 0 radical (unpaired) electrons. The third-order valence-corrected chi connectivity index (χ3v) is 3.84. The highest BCUT2D eigenvalue weighted by atomic mass is 32.2. The minimum atomic E-state index is -0.393. The summed E-state index contributed by atoms with van der Waals surface area (Å²) in [5, 5.41) is 3.43. The number of hydrogen-bond donors (Lipinski definition) is 1. The van der Waals surface area contributed by atoms with Crippen molar-refractivity contribution in [2.75, 3.05) is 25.4 Å². The van der Waals surface area contributed by atoms with Crippen molar-refractivity contribution in [2.24, 2.45) is 0 Å². The fraction of sp³-hybridized carbons (Fsp3) is 0.900. The van der Waals surface area contributed by atoms with Gasteiger partial charge in [-0.15, -0.1) is 11.8 Å². The maximum atomic E-state index is 11.6. The van der Waals surface area contributed by atoms with E-state index in [1.54, 1.807) is 4.90 Å². The fourth-order valence-electron chi connectivity index (χ4n) is 1.81. The van der Waals surface area contributed by atoms with E-state index in [1.165, 1.54) is 0 Å². The van der Waals surface area contributed by atoms with Crippen molar-refractivity contribution in [3.05, 3.63) is 0 Å². The molecule has 2 aliphatic heterocycles. The molecule has 4 nitrogen and oxygen atoms in total. The van der Waals surface area contributed by atoms with E-state index >= 15 is 0 Å². The summed E-state index contributed by atoms with van der Waals surface area (Å²) >= 11 is 1.91. The predicted molar refractivity (Wildman–Crippen MR) is 61.0 cm³/mol. The lowest BCUT2D eigenvalue weighted by Crippen LogP contribution is -2.66. The maximum Gasteiger partial charge on any atom is 0.410 e. The first-order chi connectivity index (χ1) is 6.90. The van der Waals surface area contributed by atoms with Gasteiger partial charge in [0.05, 0.1) is 13.1 Å². The maximum absolute atomic E-state index is 11.6. The van der Waals surface area contributed by atoms with Gasteiger partial charge in [-0.3, -0.25) is 5.32 Å². The van der Waals surface area contributed by atoms with Crippen molar-refractivity contribution in [1.82, 2.24) is 10.2 Å². The highest BCUT2D eigenvalue weighted by molar-refractivity contribution is 8.01. The van der Waals surface area contributed by atoms with Crippen LogP contribution in [0.2, 0.25) is 0 Å². The Morgan fingerprint density at radius 1 is 1.47 bits per heavy atom. The molecule has 1 amide bonds. The van der Waals surface area contributed by atoms with Crippen molar-refractivity contribution in [2.45, 2.75) is 31.2 Å². The van der Waals surface area contributed by atoms with E-state index in [2.05, 4.69) is 5.32 Å². The molecule has 1 N–H and O–H groups in total. The van der Waals surface area contributed by atoms with E-state index in [9.17, 15) is 4.79 Å². The Morgan fingerprint density at radius 3 is 2.60 bits per heavy atom. The average Bonchev–Trinajstić information content (AvgIpc) is 2.44. The van der Waals surface area contributed by atoms with Gasteiger partial charge in [0.2, 0.25) is 0 Å². The predicted octanol–water partition coefficient (Wildman–Crippen LogP) is 1.27. The first-order valence-electron chi connectivity index (χ1n) is 5.27. The lowest BCUT2D eigenvalue weighted by atomic mass is 10.1. The Morgan fingerprint density at radius 2 is 2.13 bits per heavy atom. The van der Waals surface area contributed by atoms with Crippen LogP contribution in [-0.4, -0.2) is 46.9 Å². The molecule has 0 atom stereocenters. The van der Waals surface area contributed by atoms with Crippen LogP contribution in [0.25, 0.3) is 0 Å². The zero-order valence-electron chi connectivity index (χ0n) is 9.50. The van der Waals surface area contributed by atoms with Crippen molar-refractivity contribution in [1.29, 1.82) is 0 Å². The number of likely N-dealkylation sites (tertiary alicyclic amines) is 1. The van der Waals surface area contributed by atoms with Crippen LogP contribution in [-0.2, 0) is 4.74 Å². The average molecular weight is 230 g/mol. The number of carbonyl (C=O) groups excluding carboxylic acids is 1. The third kappa shape index (κ3) is 2.39. The molecule has 0 aromatic carbocycles. The molecule has 0 bridgehead atoms. The van der Waals surface area contributed by atoms with Crippen LogP contribution in [0.15, 0.2) is 0 Å². The van der Waals surface area contributed by atoms with Crippen molar-refractivity contribution >= 4 is 17.9 Å². The van der Waals surface area contributed by atoms with Gasteiger partial charge in [0, 0.05) is 12.3 Å². The minimum Gasteiger partial charge on any atom is -0.444 e. The summed E-state index contributed by atoms with van der Waals surface area (Å²) in [5.41, 5.74) is -0.393. The zero-order chi connectivity index (χ0) is 11.1. The Hall–Kier alpha value is -0.420. The molecule has 0 aromatic rings. The van der Waals surface area contributed by atoms with Gasteiger partial charge in [0.15, 0.2) is 0 Å². The number of nitrogens with one attached hydrogen (secondary N) is 1. The van der Waals surface area contributed by atoms with Crippen LogP contribution in [0.4, 0.5) is 4.79 Å². The Labute approximate surface area is 94.7 Å². The van der Waals surface area contributed by atoms with Gasteiger partial charge in [0.25, 0.3) is 0 Å². The highest BCUT2D eigenvalue weighted by Gasteiger charge is 2.48. The molecule has 2 saturated heterocycles. The molecule has 2 aliphatic rings. The second-order valence-corrected chi connectivity index (χ2v) is 6.58.